The van der Waals surface area contributed by atoms with Crippen molar-refractivity contribution in [3.63, 3.8) is 0 Å². The number of fused-ring (bicyclic) bond motifs is 1. The highest BCUT2D eigenvalue weighted by atomic mass is 19.4. The van der Waals surface area contributed by atoms with Crippen LogP contribution in [0.15, 0.2) is 30.6 Å². The van der Waals surface area contributed by atoms with Crippen LogP contribution in [0.25, 0.3) is 22.3 Å². The number of anilines is 1. The van der Waals surface area contributed by atoms with Crippen molar-refractivity contribution in [3.05, 3.63) is 42.0 Å². The highest BCUT2D eigenvalue weighted by Crippen LogP contribution is 2.36. The zero-order chi connectivity index (χ0) is 21.5. The topological polar surface area (TPSA) is 90.1 Å². The molecule has 0 radical (unpaired) electrons. The van der Waals surface area contributed by atoms with Crippen molar-refractivity contribution in [2.45, 2.75) is 38.8 Å². The number of rotatable bonds is 3. The van der Waals surface area contributed by atoms with Crippen molar-refractivity contribution in [2.24, 2.45) is 0 Å². The number of pyridine rings is 2. The number of aromatic nitrogens is 4. The third-order valence-electron chi connectivity index (χ3n) is 4.86. The quantitative estimate of drug-likeness (QED) is 0.698. The van der Waals surface area contributed by atoms with Gasteiger partial charge in [0.05, 0.1) is 35.5 Å². The van der Waals surface area contributed by atoms with Crippen LogP contribution in [0.3, 0.4) is 0 Å². The van der Waals surface area contributed by atoms with Crippen LogP contribution in [0.2, 0.25) is 0 Å². The van der Waals surface area contributed by atoms with Crippen LogP contribution in [0.5, 0.6) is 0 Å². The Bertz CT molecular complexity index is 1060. The smallest absolute Gasteiger partial charge is 0.382 e. The normalized spacial score (nSPS) is 20.6. The number of halogens is 3. The molecule has 3 aromatic heterocycles. The van der Waals surface area contributed by atoms with E-state index in [1.807, 2.05) is 13.8 Å². The molecule has 7 nitrogen and oxygen atoms in total. The number of ether oxygens (including phenoxy) is 1. The zero-order valence-electron chi connectivity index (χ0n) is 16.5. The zero-order valence-corrected chi connectivity index (χ0v) is 16.5. The van der Waals surface area contributed by atoms with Crippen molar-refractivity contribution < 1.29 is 17.9 Å². The van der Waals surface area contributed by atoms with Gasteiger partial charge in [-0.2, -0.15) is 13.2 Å². The summed E-state index contributed by atoms with van der Waals surface area (Å²) in [7, 11) is 0. The van der Waals surface area contributed by atoms with Gasteiger partial charge >= 0.3 is 6.18 Å². The first-order chi connectivity index (χ1) is 14.2. The fraction of sp³-hybridized carbons (Fsp3) is 0.400. The predicted octanol–water partition coefficient (Wildman–Crippen LogP) is 3.30. The molecule has 0 aliphatic carbocycles. The SMILES string of the molecule is CC1CN(Cc2nc(N)c3ncc(-c4ncccc4C(F)(F)F)cc3n2)CC(C)O1. The molecule has 1 aliphatic rings. The van der Waals surface area contributed by atoms with Gasteiger partial charge in [-0.25, -0.2) is 15.0 Å². The van der Waals surface area contributed by atoms with Crippen molar-refractivity contribution in [1.82, 2.24) is 24.8 Å². The van der Waals surface area contributed by atoms with E-state index in [4.69, 9.17) is 10.5 Å². The molecule has 1 aliphatic heterocycles. The molecule has 0 saturated carbocycles. The van der Waals surface area contributed by atoms with Crippen LogP contribution in [-0.2, 0) is 17.5 Å². The Morgan fingerprint density at radius 3 is 2.60 bits per heavy atom. The van der Waals surface area contributed by atoms with E-state index in [2.05, 4.69) is 24.8 Å². The largest absolute Gasteiger partial charge is 0.418 e. The molecule has 1 fully saturated rings. The molecule has 4 heterocycles. The summed E-state index contributed by atoms with van der Waals surface area (Å²) in [5.74, 6) is 0.672. The number of nitrogens with zero attached hydrogens (tertiary/aromatic N) is 5. The molecule has 2 unspecified atom stereocenters. The molecular formula is C20H21F3N6O. The van der Waals surface area contributed by atoms with Crippen molar-refractivity contribution >= 4 is 16.9 Å². The van der Waals surface area contributed by atoms with Gasteiger partial charge in [0.1, 0.15) is 11.3 Å². The molecule has 0 bridgehead atoms. The van der Waals surface area contributed by atoms with E-state index in [1.165, 1.54) is 24.5 Å². The van der Waals surface area contributed by atoms with Gasteiger partial charge < -0.3 is 10.5 Å². The second-order valence-corrected chi connectivity index (χ2v) is 7.47. The lowest BCUT2D eigenvalue weighted by Gasteiger charge is -2.34. The maximum absolute atomic E-state index is 13.4. The summed E-state index contributed by atoms with van der Waals surface area (Å²) in [4.78, 5) is 19.1. The molecule has 0 aromatic carbocycles. The maximum Gasteiger partial charge on any atom is 0.418 e. The maximum atomic E-state index is 13.4. The lowest BCUT2D eigenvalue weighted by Crippen LogP contribution is -2.45. The first-order valence-electron chi connectivity index (χ1n) is 9.53. The van der Waals surface area contributed by atoms with Gasteiger partial charge in [0.25, 0.3) is 0 Å². The van der Waals surface area contributed by atoms with Crippen LogP contribution < -0.4 is 5.73 Å². The number of nitrogens with two attached hydrogens (primary N) is 1. The summed E-state index contributed by atoms with van der Waals surface area (Å²) < 4.78 is 45.9. The molecule has 2 N–H and O–H groups in total. The highest BCUT2D eigenvalue weighted by Gasteiger charge is 2.34. The van der Waals surface area contributed by atoms with E-state index in [0.717, 1.165) is 19.2 Å². The minimum absolute atomic E-state index is 0.0877. The van der Waals surface area contributed by atoms with E-state index >= 15 is 0 Å². The molecule has 3 aromatic rings. The van der Waals surface area contributed by atoms with Crippen molar-refractivity contribution in [3.8, 4) is 11.3 Å². The van der Waals surface area contributed by atoms with Gasteiger partial charge in [0, 0.05) is 31.0 Å². The average Bonchev–Trinajstić information content (AvgIpc) is 2.66. The molecule has 4 rings (SSSR count). The molecule has 1 saturated heterocycles. The van der Waals surface area contributed by atoms with Crippen molar-refractivity contribution in [2.75, 3.05) is 18.8 Å². The number of alkyl halides is 3. The second-order valence-electron chi connectivity index (χ2n) is 7.47. The first kappa shape index (κ1) is 20.4. The summed E-state index contributed by atoms with van der Waals surface area (Å²) in [6, 6.07) is 3.77. The van der Waals surface area contributed by atoms with E-state index < -0.39 is 11.7 Å². The lowest BCUT2D eigenvalue weighted by molar-refractivity contribution is -0.137. The Hall–Kier alpha value is -2.85. The fourth-order valence-electron chi connectivity index (χ4n) is 3.77. The van der Waals surface area contributed by atoms with E-state index in [9.17, 15) is 13.2 Å². The minimum Gasteiger partial charge on any atom is -0.382 e. The number of morpholine rings is 1. The Balaban J connectivity index is 1.71. The molecule has 2 atom stereocenters. The van der Waals surface area contributed by atoms with Gasteiger partial charge in [0.2, 0.25) is 0 Å². The summed E-state index contributed by atoms with van der Waals surface area (Å²) in [6.07, 6.45) is -1.73. The molecular weight excluding hydrogens is 397 g/mol. The molecule has 158 valence electrons. The summed E-state index contributed by atoms with van der Waals surface area (Å²) in [5, 5.41) is 0. The van der Waals surface area contributed by atoms with Gasteiger partial charge in [-0.15, -0.1) is 0 Å². The summed E-state index contributed by atoms with van der Waals surface area (Å²) in [6.45, 7) is 5.92. The molecule has 30 heavy (non-hydrogen) atoms. The third kappa shape index (κ3) is 4.19. The Labute approximate surface area is 171 Å². The summed E-state index contributed by atoms with van der Waals surface area (Å²) in [5.41, 5.74) is 5.96. The van der Waals surface area contributed by atoms with Crippen LogP contribution in [0, 0.1) is 0 Å². The van der Waals surface area contributed by atoms with Crippen LogP contribution >= 0.6 is 0 Å². The van der Waals surface area contributed by atoms with Gasteiger partial charge in [0.15, 0.2) is 5.82 Å². The van der Waals surface area contributed by atoms with E-state index in [1.54, 1.807) is 0 Å². The Morgan fingerprint density at radius 2 is 1.90 bits per heavy atom. The molecule has 10 heteroatoms. The van der Waals surface area contributed by atoms with E-state index in [-0.39, 0.29) is 29.3 Å². The first-order valence-corrected chi connectivity index (χ1v) is 9.53. The molecule has 0 amide bonds. The Morgan fingerprint density at radius 1 is 1.17 bits per heavy atom. The number of nitrogen functional groups attached to an aromatic ring is 1. The minimum atomic E-state index is -4.53. The van der Waals surface area contributed by atoms with Crippen LogP contribution in [0.1, 0.15) is 25.2 Å². The average molecular weight is 418 g/mol. The predicted molar refractivity (Wildman–Crippen MR) is 105 cm³/mol. The lowest BCUT2D eigenvalue weighted by atomic mass is 10.1. The highest BCUT2D eigenvalue weighted by molar-refractivity contribution is 5.87. The van der Waals surface area contributed by atoms with Crippen LogP contribution in [0.4, 0.5) is 19.0 Å². The standard InChI is InChI=1S/C20H21F3N6O/c1-11-8-29(9-12(2)30-11)10-16-27-15-6-13(7-26-18(15)19(24)28-16)17-14(20(21,22)23)4-3-5-25-17/h3-7,11-12H,8-10H2,1-2H3,(H2,24,27,28). The van der Waals surface area contributed by atoms with Gasteiger partial charge in [-0.1, -0.05) is 0 Å². The Kier molecular flexibility index (Phi) is 5.29. The third-order valence-corrected chi connectivity index (χ3v) is 4.86. The monoisotopic (exact) mass is 418 g/mol. The number of hydrogen-bond acceptors (Lipinski definition) is 7. The van der Waals surface area contributed by atoms with Gasteiger partial charge in [-0.3, -0.25) is 9.88 Å². The van der Waals surface area contributed by atoms with Crippen LogP contribution in [-0.4, -0.2) is 50.1 Å². The van der Waals surface area contributed by atoms with Crippen molar-refractivity contribution in [1.29, 1.82) is 0 Å². The fourth-order valence-corrected chi connectivity index (χ4v) is 3.77. The molecule has 0 spiro atoms. The summed E-state index contributed by atoms with van der Waals surface area (Å²) >= 11 is 0. The van der Waals surface area contributed by atoms with E-state index in [0.29, 0.717) is 23.4 Å². The second kappa shape index (κ2) is 7.77. The number of hydrogen-bond donors (Lipinski definition) is 1. The van der Waals surface area contributed by atoms with Gasteiger partial charge in [-0.05, 0) is 32.0 Å².